The van der Waals surface area contributed by atoms with E-state index >= 15 is 0 Å². The fraction of sp³-hybridized carbons (Fsp3) is 0. The minimum Gasteiger partial charge on any atom is -0.289 e. The summed E-state index contributed by atoms with van der Waals surface area (Å²) >= 11 is 5.79. The first-order valence-electron chi connectivity index (χ1n) is 6.02. The Morgan fingerprint density at radius 1 is 1.00 bits per heavy atom. The Hall–Kier alpha value is -2.46. The second kappa shape index (κ2) is 5.27. The van der Waals surface area contributed by atoms with Gasteiger partial charge in [0.15, 0.2) is 5.78 Å². The molecule has 98 valence electrons. The van der Waals surface area contributed by atoms with E-state index in [0.29, 0.717) is 10.6 Å². The maximum absolute atomic E-state index is 11.9. The van der Waals surface area contributed by atoms with E-state index in [4.69, 9.17) is 11.6 Å². The number of ketones is 1. The SMILES string of the molecule is O=C(/C=C\c1ccc(N2N=N2)cc1)c1ccc(Cl)cc1. The van der Waals surface area contributed by atoms with E-state index in [1.807, 2.05) is 24.3 Å². The lowest BCUT2D eigenvalue weighted by Crippen LogP contribution is -1.93. The molecule has 0 atom stereocenters. The number of halogens is 1. The van der Waals surface area contributed by atoms with Crippen LogP contribution >= 0.6 is 11.6 Å². The minimum absolute atomic E-state index is 0.0540. The van der Waals surface area contributed by atoms with Gasteiger partial charge in [-0.1, -0.05) is 29.8 Å². The van der Waals surface area contributed by atoms with Crippen LogP contribution in [0.15, 0.2) is 65.1 Å². The number of benzene rings is 2. The Labute approximate surface area is 120 Å². The molecule has 1 aliphatic heterocycles. The predicted molar refractivity (Wildman–Crippen MR) is 78.6 cm³/mol. The van der Waals surface area contributed by atoms with Crippen molar-refractivity contribution in [2.75, 3.05) is 5.12 Å². The fourth-order valence-electron chi connectivity index (χ4n) is 1.72. The molecule has 0 radical (unpaired) electrons. The molecule has 2 aromatic rings. The summed E-state index contributed by atoms with van der Waals surface area (Å²) in [6, 6.07) is 14.4. The maximum atomic E-state index is 11.9. The second-order valence-corrected chi connectivity index (χ2v) is 4.70. The molecule has 0 aliphatic carbocycles. The molecule has 0 N–H and O–H groups in total. The molecule has 0 spiro atoms. The summed E-state index contributed by atoms with van der Waals surface area (Å²) in [7, 11) is 0. The summed E-state index contributed by atoms with van der Waals surface area (Å²) in [5.41, 5.74) is 2.47. The van der Waals surface area contributed by atoms with Crippen molar-refractivity contribution in [2.24, 2.45) is 10.4 Å². The van der Waals surface area contributed by atoms with E-state index in [1.165, 1.54) is 5.12 Å². The van der Waals surface area contributed by atoms with Crippen LogP contribution in [0.5, 0.6) is 0 Å². The second-order valence-electron chi connectivity index (χ2n) is 4.26. The Kier molecular flexibility index (Phi) is 3.31. The molecule has 0 saturated heterocycles. The van der Waals surface area contributed by atoms with Gasteiger partial charge in [-0.3, -0.25) is 4.79 Å². The van der Waals surface area contributed by atoms with Gasteiger partial charge in [0.05, 0.1) is 5.69 Å². The van der Waals surface area contributed by atoms with Crippen molar-refractivity contribution in [3.63, 3.8) is 0 Å². The standard InChI is InChI=1S/C15H10ClN3O/c16-13-6-4-12(5-7-13)15(20)10-3-11-1-8-14(9-2-11)19-17-18-19/h1-10H/b10-3-. The van der Waals surface area contributed by atoms with Gasteiger partial charge in [-0.15, -0.1) is 5.12 Å². The molecule has 4 nitrogen and oxygen atoms in total. The molecule has 20 heavy (non-hydrogen) atoms. The van der Waals surface area contributed by atoms with Crippen LogP contribution in [-0.2, 0) is 0 Å². The fourth-order valence-corrected chi connectivity index (χ4v) is 1.85. The summed E-state index contributed by atoms with van der Waals surface area (Å²) in [5, 5.41) is 9.55. The zero-order valence-corrected chi connectivity index (χ0v) is 11.2. The molecule has 2 aromatic carbocycles. The Bertz CT molecular complexity index is 684. The number of hydrogen-bond acceptors (Lipinski definition) is 4. The average molecular weight is 284 g/mol. The molecular formula is C15H10ClN3O. The molecule has 3 rings (SSSR count). The number of carbonyl (C=O) groups is 1. The number of nitrogens with zero attached hydrogens (tertiary/aromatic N) is 3. The van der Waals surface area contributed by atoms with Gasteiger partial charge in [-0.2, -0.15) is 0 Å². The van der Waals surface area contributed by atoms with Gasteiger partial charge < -0.3 is 0 Å². The Balaban J connectivity index is 1.69. The largest absolute Gasteiger partial charge is 0.289 e. The molecule has 0 amide bonds. The van der Waals surface area contributed by atoms with E-state index in [0.717, 1.165) is 11.3 Å². The van der Waals surface area contributed by atoms with Crippen molar-refractivity contribution in [2.45, 2.75) is 0 Å². The zero-order chi connectivity index (χ0) is 13.9. The average Bonchev–Trinajstić information content (AvgIpc) is 3.31. The van der Waals surface area contributed by atoms with Crippen LogP contribution in [0.1, 0.15) is 15.9 Å². The van der Waals surface area contributed by atoms with Crippen LogP contribution in [-0.4, -0.2) is 5.78 Å². The smallest absolute Gasteiger partial charge is 0.185 e. The van der Waals surface area contributed by atoms with E-state index in [9.17, 15) is 4.79 Å². The minimum atomic E-state index is -0.0540. The molecule has 0 bridgehead atoms. The third-order valence-electron chi connectivity index (χ3n) is 2.86. The number of hydrogen-bond donors (Lipinski definition) is 0. The van der Waals surface area contributed by atoms with E-state index in [1.54, 1.807) is 36.4 Å². The third kappa shape index (κ3) is 2.92. The topological polar surface area (TPSA) is 44.8 Å². The van der Waals surface area contributed by atoms with Crippen LogP contribution in [0.4, 0.5) is 5.69 Å². The number of carbonyl (C=O) groups excluding carboxylic acids is 1. The number of allylic oxidation sites excluding steroid dienone is 1. The third-order valence-corrected chi connectivity index (χ3v) is 3.11. The zero-order valence-electron chi connectivity index (χ0n) is 10.4. The van der Waals surface area contributed by atoms with Gasteiger partial charge in [0.2, 0.25) is 0 Å². The van der Waals surface area contributed by atoms with Gasteiger partial charge >= 0.3 is 0 Å². The molecule has 1 heterocycles. The van der Waals surface area contributed by atoms with Gasteiger partial charge in [0.25, 0.3) is 0 Å². The van der Waals surface area contributed by atoms with Crippen LogP contribution < -0.4 is 5.12 Å². The summed E-state index contributed by atoms with van der Waals surface area (Å²) in [6.45, 7) is 0. The first-order chi connectivity index (χ1) is 9.72. The molecule has 5 heteroatoms. The highest BCUT2D eigenvalue weighted by Crippen LogP contribution is 2.23. The molecule has 0 unspecified atom stereocenters. The van der Waals surface area contributed by atoms with Crippen LogP contribution in [0, 0.1) is 0 Å². The summed E-state index contributed by atoms with van der Waals surface area (Å²) < 4.78 is 0. The summed E-state index contributed by atoms with van der Waals surface area (Å²) in [5.74, 6) is -0.0540. The predicted octanol–water partition coefficient (Wildman–Crippen LogP) is 4.34. The Morgan fingerprint density at radius 3 is 2.25 bits per heavy atom. The highest BCUT2D eigenvalue weighted by Gasteiger charge is 2.12. The number of anilines is 1. The highest BCUT2D eigenvalue weighted by molar-refractivity contribution is 6.30. The molecule has 0 saturated carbocycles. The van der Waals surface area contributed by atoms with Crippen molar-refractivity contribution in [1.29, 1.82) is 0 Å². The first kappa shape index (κ1) is 12.6. The summed E-state index contributed by atoms with van der Waals surface area (Å²) in [6.07, 6.45) is 3.32. The molecule has 0 aromatic heterocycles. The van der Waals surface area contributed by atoms with E-state index < -0.39 is 0 Å². The molecule has 1 aliphatic rings. The van der Waals surface area contributed by atoms with E-state index in [-0.39, 0.29) is 5.78 Å². The lowest BCUT2D eigenvalue weighted by molar-refractivity contribution is 0.104. The van der Waals surface area contributed by atoms with Crippen LogP contribution in [0.3, 0.4) is 0 Å². The van der Waals surface area contributed by atoms with Crippen molar-refractivity contribution < 1.29 is 4.79 Å². The van der Waals surface area contributed by atoms with E-state index in [2.05, 4.69) is 10.4 Å². The maximum Gasteiger partial charge on any atom is 0.185 e. The van der Waals surface area contributed by atoms with Crippen LogP contribution in [0.25, 0.3) is 6.08 Å². The lowest BCUT2D eigenvalue weighted by atomic mass is 10.1. The van der Waals surface area contributed by atoms with Crippen molar-refractivity contribution in [3.8, 4) is 0 Å². The Morgan fingerprint density at radius 2 is 1.65 bits per heavy atom. The van der Waals surface area contributed by atoms with Gasteiger partial charge in [-0.25, -0.2) is 0 Å². The van der Waals surface area contributed by atoms with Gasteiger partial charge in [0, 0.05) is 10.6 Å². The molecular weight excluding hydrogens is 274 g/mol. The molecule has 0 fully saturated rings. The lowest BCUT2D eigenvalue weighted by Gasteiger charge is -1.98. The quantitative estimate of drug-likeness (QED) is 0.619. The highest BCUT2D eigenvalue weighted by atomic mass is 35.5. The monoisotopic (exact) mass is 283 g/mol. The number of rotatable bonds is 4. The van der Waals surface area contributed by atoms with Crippen molar-refractivity contribution >= 4 is 29.1 Å². The van der Waals surface area contributed by atoms with Crippen LogP contribution in [0.2, 0.25) is 5.02 Å². The van der Waals surface area contributed by atoms with Crippen molar-refractivity contribution in [3.05, 3.63) is 70.8 Å². The van der Waals surface area contributed by atoms with Gasteiger partial charge in [-0.05, 0) is 58.5 Å². The van der Waals surface area contributed by atoms with Gasteiger partial charge in [0.1, 0.15) is 0 Å². The van der Waals surface area contributed by atoms with Crippen molar-refractivity contribution in [1.82, 2.24) is 0 Å². The first-order valence-corrected chi connectivity index (χ1v) is 6.40. The normalized spacial score (nSPS) is 12.9. The summed E-state index contributed by atoms with van der Waals surface area (Å²) in [4.78, 5) is 11.9.